The van der Waals surface area contributed by atoms with Gasteiger partial charge in [-0.15, -0.1) is 0 Å². The van der Waals surface area contributed by atoms with E-state index in [-0.39, 0.29) is 31.1 Å². The van der Waals surface area contributed by atoms with Gasteiger partial charge in [0.2, 0.25) is 0 Å². The summed E-state index contributed by atoms with van der Waals surface area (Å²) in [7, 11) is 0. The first-order chi connectivity index (χ1) is 33.0. The van der Waals surface area contributed by atoms with Gasteiger partial charge in [0.05, 0.1) is 0 Å². The van der Waals surface area contributed by atoms with Gasteiger partial charge in [-0.2, -0.15) is 0 Å². The van der Waals surface area contributed by atoms with Crippen molar-refractivity contribution < 1.29 is 28.6 Å². The Labute approximate surface area is 416 Å². The number of unbranched alkanes of at least 4 members (excludes halogenated alkanes) is 38. The Hall–Kier alpha value is -2.37. The summed E-state index contributed by atoms with van der Waals surface area (Å²) in [6.45, 7) is 6.64. The van der Waals surface area contributed by atoms with E-state index in [9.17, 15) is 14.4 Å². The Morgan fingerprint density at radius 3 is 0.881 bits per heavy atom. The van der Waals surface area contributed by atoms with Gasteiger partial charge in [-0.1, -0.05) is 263 Å². The Bertz CT molecular complexity index is 1130. The van der Waals surface area contributed by atoms with Crippen LogP contribution in [-0.2, 0) is 28.6 Å². The molecule has 0 aromatic heterocycles. The van der Waals surface area contributed by atoms with Crippen molar-refractivity contribution in [3.8, 4) is 0 Å². The molecule has 0 saturated carbocycles. The van der Waals surface area contributed by atoms with Crippen molar-refractivity contribution in [2.45, 2.75) is 322 Å². The summed E-state index contributed by atoms with van der Waals surface area (Å²) in [5.74, 6) is -0.875. The lowest BCUT2D eigenvalue weighted by Gasteiger charge is -2.18. The van der Waals surface area contributed by atoms with Gasteiger partial charge in [-0.05, 0) is 70.6 Å². The molecule has 0 fully saturated rings. The van der Waals surface area contributed by atoms with Gasteiger partial charge in [0.15, 0.2) is 6.10 Å². The minimum absolute atomic E-state index is 0.0749. The van der Waals surface area contributed by atoms with Crippen molar-refractivity contribution in [1.29, 1.82) is 0 Å². The number of hydrogen-bond acceptors (Lipinski definition) is 6. The van der Waals surface area contributed by atoms with Crippen LogP contribution in [0.3, 0.4) is 0 Å². The third kappa shape index (κ3) is 54.4. The first-order valence-corrected chi connectivity index (χ1v) is 29.5. The molecule has 0 aromatic carbocycles. The zero-order valence-electron chi connectivity index (χ0n) is 44.9. The van der Waals surface area contributed by atoms with Crippen LogP contribution in [0, 0.1) is 0 Å². The molecule has 67 heavy (non-hydrogen) atoms. The third-order valence-corrected chi connectivity index (χ3v) is 13.1. The van der Waals surface area contributed by atoms with Gasteiger partial charge >= 0.3 is 17.9 Å². The lowest BCUT2D eigenvalue weighted by Crippen LogP contribution is -2.30. The molecule has 0 heterocycles. The fraction of sp³-hybridized carbons (Fsp3) is 0.852. The topological polar surface area (TPSA) is 78.9 Å². The summed E-state index contributed by atoms with van der Waals surface area (Å²) >= 11 is 0. The second kappa shape index (κ2) is 56.2. The monoisotopic (exact) mass is 941 g/mol. The maximum atomic E-state index is 12.9. The third-order valence-electron chi connectivity index (χ3n) is 13.1. The Morgan fingerprint density at radius 2 is 0.537 bits per heavy atom. The highest BCUT2D eigenvalue weighted by atomic mass is 16.6. The Morgan fingerprint density at radius 1 is 0.299 bits per heavy atom. The van der Waals surface area contributed by atoms with Gasteiger partial charge in [0.25, 0.3) is 0 Å². The molecular weight excluding hydrogens is 829 g/mol. The molecule has 0 saturated heterocycles. The molecule has 1 atom stereocenters. The van der Waals surface area contributed by atoms with Crippen molar-refractivity contribution in [1.82, 2.24) is 0 Å². The number of esters is 3. The molecule has 0 rings (SSSR count). The van der Waals surface area contributed by atoms with Crippen molar-refractivity contribution in [2.75, 3.05) is 13.2 Å². The molecule has 0 aliphatic heterocycles. The molecule has 0 aliphatic rings. The first-order valence-electron chi connectivity index (χ1n) is 29.5. The van der Waals surface area contributed by atoms with Crippen molar-refractivity contribution in [2.24, 2.45) is 0 Å². The Kier molecular flexibility index (Phi) is 54.2. The summed E-state index contributed by atoms with van der Waals surface area (Å²) < 4.78 is 16.9. The fourth-order valence-electron chi connectivity index (χ4n) is 8.67. The number of allylic oxidation sites excluding steroid dienone is 6. The number of rotatable bonds is 54. The predicted octanol–water partition coefficient (Wildman–Crippen LogP) is 19.7. The first kappa shape index (κ1) is 64.6. The zero-order chi connectivity index (χ0) is 48.6. The van der Waals surface area contributed by atoms with E-state index in [0.717, 1.165) is 70.6 Å². The van der Waals surface area contributed by atoms with E-state index in [0.29, 0.717) is 19.3 Å². The second-order valence-corrected chi connectivity index (χ2v) is 19.9. The van der Waals surface area contributed by atoms with Gasteiger partial charge in [0.1, 0.15) is 13.2 Å². The summed E-state index contributed by atoms with van der Waals surface area (Å²) in [4.78, 5) is 38.2. The maximum absolute atomic E-state index is 12.9. The van der Waals surface area contributed by atoms with Crippen LogP contribution in [0.2, 0.25) is 0 Å². The number of carbonyl (C=O) groups is 3. The molecule has 0 aromatic rings. The Balaban J connectivity index is 4.34. The largest absolute Gasteiger partial charge is 0.462 e. The highest BCUT2D eigenvalue weighted by Crippen LogP contribution is 2.17. The number of ether oxygens (including phenoxy) is 3. The average molecular weight is 942 g/mol. The molecule has 0 radical (unpaired) electrons. The van der Waals surface area contributed by atoms with Gasteiger partial charge < -0.3 is 14.2 Å². The molecule has 392 valence electrons. The van der Waals surface area contributed by atoms with Crippen LogP contribution in [0.5, 0.6) is 0 Å². The van der Waals surface area contributed by atoms with E-state index in [1.807, 2.05) is 0 Å². The van der Waals surface area contributed by atoms with E-state index >= 15 is 0 Å². The van der Waals surface area contributed by atoms with Crippen molar-refractivity contribution in [3.63, 3.8) is 0 Å². The van der Waals surface area contributed by atoms with Crippen LogP contribution in [0.15, 0.2) is 36.5 Å². The van der Waals surface area contributed by atoms with Crippen LogP contribution in [-0.4, -0.2) is 37.2 Å². The SMILES string of the molecule is CCCCC/C=C\C=C/CCCCCCCCCCCCC(=O)OCC(COC(=O)CCCCC/C=C\CCCCCCCCC)OC(=O)CCCCCCCCCCCCCCCCCC. The second-order valence-electron chi connectivity index (χ2n) is 19.9. The maximum Gasteiger partial charge on any atom is 0.306 e. The molecule has 6 nitrogen and oxygen atoms in total. The number of carbonyl (C=O) groups excluding carboxylic acids is 3. The van der Waals surface area contributed by atoms with Gasteiger partial charge in [0, 0.05) is 19.3 Å². The van der Waals surface area contributed by atoms with E-state index in [2.05, 4.69) is 57.2 Å². The minimum Gasteiger partial charge on any atom is -0.462 e. The van der Waals surface area contributed by atoms with Crippen LogP contribution in [0.4, 0.5) is 0 Å². The highest BCUT2D eigenvalue weighted by Gasteiger charge is 2.19. The smallest absolute Gasteiger partial charge is 0.306 e. The van der Waals surface area contributed by atoms with E-state index < -0.39 is 6.10 Å². The van der Waals surface area contributed by atoms with Crippen LogP contribution >= 0.6 is 0 Å². The van der Waals surface area contributed by atoms with Crippen LogP contribution in [0.25, 0.3) is 0 Å². The fourth-order valence-corrected chi connectivity index (χ4v) is 8.67. The summed E-state index contributed by atoms with van der Waals surface area (Å²) in [5.41, 5.74) is 0. The lowest BCUT2D eigenvalue weighted by molar-refractivity contribution is -0.167. The molecule has 0 aliphatic carbocycles. The molecule has 1 unspecified atom stereocenters. The van der Waals surface area contributed by atoms with Crippen LogP contribution in [0.1, 0.15) is 316 Å². The summed E-state index contributed by atoms with van der Waals surface area (Å²) in [6, 6.07) is 0. The van der Waals surface area contributed by atoms with E-state index in [4.69, 9.17) is 14.2 Å². The lowest BCUT2D eigenvalue weighted by atomic mass is 10.0. The molecule has 0 amide bonds. The predicted molar refractivity (Wildman–Crippen MR) is 289 cm³/mol. The van der Waals surface area contributed by atoms with Crippen molar-refractivity contribution in [3.05, 3.63) is 36.5 Å². The van der Waals surface area contributed by atoms with E-state index in [1.54, 1.807) is 0 Å². The molecule has 0 N–H and O–H groups in total. The average Bonchev–Trinajstić information content (AvgIpc) is 3.33. The van der Waals surface area contributed by atoms with Gasteiger partial charge in [-0.3, -0.25) is 14.4 Å². The zero-order valence-corrected chi connectivity index (χ0v) is 44.9. The normalized spacial score (nSPS) is 12.2. The summed E-state index contributed by atoms with van der Waals surface area (Å²) in [6.07, 6.45) is 67.0. The summed E-state index contributed by atoms with van der Waals surface area (Å²) in [5, 5.41) is 0. The van der Waals surface area contributed by atoms with Crippen LogP contribution < -0.4 is 0 Å². The quantitative estimate of drug-likeness (QED) is 0.0199. The van der Waals surface area contributed by atoms with E-state index in [1.165, 1.54) is 205 Å². The molecular formula is C61H112O6. The molecule has 6 heteroatoms. The molecule has 0 bridgehead atoms. The van der Waals surface area contributed by atoms with Crippen molar-refractivity contribution >= 4 is 17.9 Å². The van der Waals surface area contributed by atoms with Gasteiger partial charge in [-0.25, -0.2) is 0 Å². The number of hydrogen-bond donors (Lipinski definition) is 0. The highest BCUT2D eigenvalue weighted by molar-refractivity contribution is 5.71. The standard InChI is InChI=1S/C61H112O6/c1-4-7-10-13-16-19-22-25-28-30-31-32-34-36-39-42-45-48-51-54-60(63)66-57-58(56-65-59(62)53-50-47-44-41-38-35-27-24-21-18-15-12-9-6-3)67-61(64)55-52-49-46-43-40-37-33-29-26-23-20-17-14-11-8-5-2/h16,19,22,25,35,38,58H,4-15,17-18,20-21,23-24,26-34,36-37,39-57H2,1-3H3/b19-16-,25-22-,38-35-. The molecule has 0 spiro atoms. The minimum atomic E-state index is -0.776.